The number of ether oxygens (including phenoxy) is 2. The highest BCUT2D eigenvalue weighted by molar-refractivity contribution is 7.99. The molecular weight excluding hydrogens is 1070 g/mol. The standard InChI is InChI=1S/C35H68O6S2.2C15H30O2S/c1-3-5-7-9-11-13-15-17-19-21-25-42-27-23-33(38)40-31-35(29-36,30-37)32-41-34(39)24-28-43-26-22-20-18-16-14-12-10-8-6-4-2;2*1-2-3-4-5-6-7-8-9-10-11-13-18-14-12-15(16)17/h36-37H,3-32H2,1-2H3;2*2-14H2,1H3,(H,16,17). The predicted octanol–water partition coefficient (Wildman–Crippen LogP) is 19.4. The van der Waals surface area contributed by atoms with Crippen LogP contribution in [0.3, 0.4) is 0 Å². The van der Waals surface area contributed by atoms with E-state index in [1.54, 1.807) is 47.0 Å². The maximum absolute atomic E-state index is 12.2. The first-order chi connectivity index (χ1) is 38.6. The Labute approximate surface area is 505 Å². The van der Waals surface area contributed by atoms with Gasteiger partial charge in [0, 0.05) is 23.0 Å². The summed E-state index contributed by atoms with van der Waals surface area (Å²) in [6, 6.07) is 0. The van der Waals surface area contributed by atoms with Crippen molar-refractivity contribution in [2.24, 2.45) is 5.41 Å². The highest BCUT2D eigenvalue weighted by Crippen LogP contribution is 2.21. The van der Waals surface area contributed by atoms with E-state index in [1.165, 1.54) is 257 Å². The largest absolute Gasteiger partial charge is 0.481 e. The van der Waals surface area contributed by atoms with Crippen molar-refractivity contribution in [2.45, 2.75) is 310 Å². The second-order valence-electron chi connectivity index (χ2n) is 22.1. The Morgan fingerprint density at radius 2 is 0.481 bits per heavy atom. The molecule has 0 aliphatic carbocycles. The Balaban J connectivity index is -0.00000131. The Morgan fingerprint density at radius 3 is 0.671 bits per heavy atom. The number of hydrogen-bond donors (Lipinski definition) is 4. The summed E-state index contributed by atoms with van der Waals surface area (Å²) in [7, 11) is 0. The lowest BCUT2D eigenvalue weighted by Crippen LogP contribution is -2.41. The molecule has 14 heteroatoms. The molecule has 0 aromatic carbocycles. The summed E-state index contributed by atoms with van der Waals surface area (Å²) in [6.45, 7) is 7.84. The van der Waals surface area contributed by atoms with Crippen LogP contribution in [0.2, 0.25) is 0 Å². The van der Waals surface area contributed by atoms with Crippen LogP contribution in [-0.2, 0) is 28.7 Å². The van der Waals surface area contributed by atoms with Crippen molar-refractivity contribution in [3.63, 3.8) is 0 Å². The van der Waals surface area contributed by atoms with Crippen LogP contribution in [0.1, 0.15) is 310 Å². The lowest BCUT2D eigenvalue weighted by Gasteiger charge is -2.28. The number of carboxylic acid groups (broad SMARTS) is 2. The zero-order valence-electron chi connectivity index (χ0n) is 52.0. The van der Waals surface area contributed by atoms with Crippen LogP contribution in [0.25, 0.3) is 0 Å². The third kappa shape index (κ3) is 73.3. The summed E-state index contributed by atoms with van der Waals surface area (Å²) in [5, 5.41) is 36.7. The van der Waals surface area contributed by atoms with E-state index in [-0.39, 0.29) is 25.2 Å². The van der Waals surface area contributed by atoms with Crippen molar-refractivity contribution >= 4 is 70.9 Å². The van der Waals surface area contributed by atoms with Gasteiger partial charge >= 0.3 is 23.9 Å². The van der Waals surface area contributed by atoms with Gasteiger partial charge in [-0.05, 0) is 48.7 Å². The molecule has 0 aromatic heterocycles. The smallest absolute Gasteiger partial charge is 0.306 e. The summed E-state index contributed by atoms with van der Waals surface area (Å²) in [6.07, 6.45) is 54.9. The number of carboxylic acids is 2. The van der Waals surface area contributed by atoms with Gasteiger partial charge in [0.25, 0.3) is 0 Å². The summed E-state index contributed by atoms with van der Waals surface area (Å²) < 4.78 is 10.7. The van der Waals surface area contributed by atoms with E-state index in [0.29, 0.717) is 37.2 Å². The number of hydrogen-bond acceptors (Lipinski definition) is 12. The molecule has 0 aromatic rings. The van der Waals surface area contributed by atoms with E-state index < -0.39 is 30.6 Å². The van der Waals surface area contributed by atoms with Gasteiger partial charge in [-0.15, -0.1) is 0 Å². The van der Waals surface area contributed by atoms with Gasteiger partial charge in [0.2, 0.25) is 0 Å². The molecule has 0 atom stereocenters. The quantitative estimate of drug-likeness (QED) is 0.0335. The minimum absolute atomic E-state index is 0.164. The molecule has 0 fully saturated rings. The second-order valence-corrected chi connectivity index (χ2v) is 27.0. The molecule has 0 heterocycles. The van der Waals surface area contributed by atoms with E-state index >= 15 is 0 Å². The van der Waals surface area contributed by atoms with Crippen molar-refractivity contribution in [3.8, 4) is 0 Å². The van der Waals surface area contributed by atoms with Gasteiger partial charge in [0.15, 0.2) is 0 Å². The van der Waals surface area contributed by atoms with Gasteiger partial charge in [-0.1, -0.05) is 259 Å². The van der Waals surface area contributed by atoms with Crippen molar-refractivity contribution in [3.05, 3.63) is 0 Å². The molecule has 0 amide bonds. The van der Waals surface area contributed by atoms with Crippen LogP contribution in [0.4, 0.5) is 0 Å². The number of unbranched alkanes of at least 4 members (excludes halogenated alkanes) is 36. The van der Waals surface area contributed by atoms with E-state index in [9.17, 15) is 29.4 Å². The Kier molecular flexibility index (Phi) is 74.6. The zero-order valence-corrected chi connectivity index (χ0v) is 55.2. The monoisotopic (exact) mass is 1200 g/mol. The van der Waals surface area contributed by atoms with E-state index in [2.05, 4.69) is 27.7 Å². The number of esters is 2. The number of aliphatic carboxylic acids is 2. The van der Waals surface area contributed by atoms with E-state index in [0.717, 1.165) is 34.5 Å². The lowest BCUT2D eigenvalue weighted by atomic mass is 9.92. The highest BCUT2D eigenvalue weighted by atomic mass is 32.2. The number of rotatable bonds is 62. The van der Waals surface area contributed by atoms with Gasteiger partial charge in [-0.3, -0.25) is 19.2 Å². The molecule has 0 saturated heterocycles. The molecule has 472 valence electrons. The maximum atomic E-state index is 12.2. The summed E-state index contributed by atoms with van der Waals surface area (Å²) in [5.74, 6) is 5.25. The van der Waals surface area contributed by atoms with Crippen LogP contribution in [0, 0.1) is 5.41 Å². The lowest BCUT2D eigenvalue weighted by molar-refractivity contribution is -0.158. The molecule has 4 N–H and O–H groups in total. The van der Waals surface area contributed by atoms with Crippen LogP contribution in [-0.4, -0.2) is 117 Å². The third-order valence-corrected chi connectivity index (χ3v) is 18.4. The maximum Gasteiger partial charge on any atom is 0.306 e. The average Bonchev–Trinajstić information content (AvgIpc) is 3.44. The van der Waals surface area contributed by atoms with Crippen LogP contribution < -0.4 is 0 Å². The molecule has 0 bridgehead atoms. The van der Waals surface area contributed by atoms with Gasteiger partial charge < -0.3 is 29.9 Å². The van der Waals surface area contributed by atoms with Gasteiger partial charge in [-0.2, -0.15) is 47.0 Å². The first-order valence-corrected chi connectivity index (χ1v) is 37.5. The molecular formula is C65H128O10S4. The SMILES string of the molecule is CCCCCCCCCCCCSCCC(=O)O.CCCCCCCCCCCCSCCC(=O)O.CCCCCCCCCCCCSCCC(=O)OCC(CO)(CO)COC(=O)CCSCCCCCCCCCCCC. The number of aliphatic hydroxyl groups is 2. The molecule has 0 aliphatic rings. The van der Waals surface area contributed by atoms with Crippen LogP contribution in [0.5, 0.6) is 0 Å². The summed E-state index contributed by atoms with van der Waals surface area (Å²) in [5.41, 5.74) is -1.17. The van der Waals surface area contributed by atoms with Crippen LogP contribution in [0.15, 0.2) is 0 Å². The topological polar surface area (TPSA) is 168 Å². The molecule has 79 heavy (non-hydrogen) atoms. The average molecular weight is 1200 g/mol. The van der Waals surface area contributed by atoms with Gasteiger partial charge in [0.1, 0.15) is 13.2 Å². The third-order valence-electron chi connectivity index (χ3n) is 14.1. The number of aliphatic hydroxyl groups excluding tert-OH is 2. The Bertz CT molecular complexity index is 1160. The van der Waals surface area contributed by atoms with Gasteiger partial charge in [0.05, 0.1) is 44.3 Å². The molecule has 0 aliphatic heterocycles. The number of thioether (sulfide) groups is 4. The van der Waals surface area contributed by atoms with Crippen LogP contribution >= 0.6 is 47.0 Å². The fourth-order valence-corrected chi connectivity index (χ4v) is 12.4. The molecule has 0 unspecified atom stereocenters. The predicted molar refractivity (Wildman–Crippen MR) is 349 cm³/mol. The molecule has 10 nitrogen and oxygen atoms in total. The Morgan fingerprint density at radius 1 is 0.291 bits per heavy atom. The zero-order chi connectivity index (χ0) is 58.7. The number of carbonyl (C=O) groups excluding carboxylic acids is 2. The first kappa shape index (κ1) is 82.4. The fraction of sp³-hybridized carbons (Fsp3) is 0.938. The van der Waals surface area contributed by atoms with Crippen molar-refractivity contribution in [2.75, 3.05) is 72.5 Å². The summed E-state index contributed by atoms with van der Waals surface area (Å²) in [4.78, 5) is 45.0. The molecule has 0 spiro atoms. The van der Waals surface area contributed by atoms with Crippen molar-refractivity contribution < 1.29 is 49.1 Å². The molecule has 0 saturated carbocycles. The number of carbonyl (C=O) groups is 4. The second kappa shape index (κ2) is 71.5. The van der Waals surface area contributed by atoms with Crippen molar-refractivity contribution in [1.29, 1.82) is 0 Å². The van der Waals surface area contributed by atoms with Gasteiger partial charge in [-0.25, -0.2) is 0 Å². The normalized spacial score (nSPS) is 11.2. The van der Waals surface area contributed by atoms with Crippen molar-refractivity contribution in [1.82, 2.24) is 0 Å². The fourth-order valence-electron chi connectivity index (χ4n) is 8.69. The first-order valence-electron chi connectivity index (χ1n) is 32.8. The minimum Gasteiger partial charge on any atom is -0.481 e. The molecule has 0 radical (unpaired) electrons. The van der Waals surface area contributed by atoms with E-state index in [4.69, 9.17) is 19.7 Å². The molecule has 0 rings (SSSR count). The van der Waals surface area contributed by atoms with E-state index in [1.807, 2.05) is 0 Å². The minimum atomic E-state index is -1.17. The Hall–Kier alpha value is -0.800. The summed E-state index contributed by atoms with van der Waals surface area (Å²) >= 11 is 7.09. The highest BCUT2D eigenvalue weighted by Gasteiger charge is 2.33.